The number of nitrogens with zero attached hydrogens (tertiary/aromatic N) is 4. The zero-order valence-corrected chi connectivity index (χ0v) is 15.1. The highest BCUT2D eigenvalue weighted by molar-refractivity contribution is 5.95. The average Bonchev–Trinajstić information content (AvgIpc) is 2.65. The van der Waals surface area contributed by atoms with Crippen molar-refractivity contribution in [3.8, 4) is 0 Å². The number of benzene rings is 1. The standard InChI is InChI=1S/C19H25N5O/c1-14-6-4-7-15(2)17(14)22-18(25)16(3)23-10-12-24(13-11-23)19-20-8-5-9-21-19/h4-9,16H,10-13H2,1-3H3,(H,22,25)/t16-/m1/s1. The third-order valence-electron chi connectivity index (χ3n) is 4.81. The molecule has 2 aromatic rings. The Morgan fingerprint density at radius 3 is 2.24 bits per heavy atom. The quantitative estimate of drug-likeness (QED) is 0.926. The fourth-order valence-corrected chi connectivity index (χ4v) is 3.17. The molecule has 1 aromatic carbocycles. The van der Waals surface area contributed by atoms with E-state index in [2.05, 4.69) is 25.1 Å². The Hall–Kier alpha value is -2.47. The Morgan fingerprint density at radius 2 is 1.64 bits per heavy atom. The highest BCUT2D eigenvalue weighted by Gasteiger charge is 2.26. The molecule has 6 heteroatoms. The number of carbonyl (C=O) groups is 1. The highest BCUT2D eigenvalue weighted by Crippen LogP contribution is 2.20. The molecule has 1 fully saturated rings. The van der Waals surface area contributed by atoms with Crippen molar-refractivity contribution in [1.29, 1.82) is 0 Å². The minimum atomic E-state index is -0.169. The molecule has 1 aromatic heterocycles. The van der Waals surface area contributed by atoms with Crippen LogP contribution in [0.5, 0.6) is 0 Å². The van der Waals surface area contributed by atoms with Crippen LogP contribution in [0, 0.1) is 13.8 Å². The lowest BCUT2D eigenvalue weighted by atomic mass is 10.1. The Balaban J connectivity index is 1.59. The molecule has 0 radical (unpaired) electrons. The lowest BCUT2D eigenvalue weighted by molar-refractivity contribution is -0.120. The van der Waals surface area contributed by atoms with Gasteiger partial charge in [0, 0.05) is 44.3 Å². The van der Waals surface area contributed by atoms with E-state index in [-0.39, 0.29) is 11.9 Å². The van der Waals surface area contributed by atoms with E-state index < -0.39 is 0 Å². The molecule has 1 amide bonds. The first-order chi connectivity index (χ1) is 12.1. The van der Waals surface area contributed by atoms with Gasteiger partial charge in [-0.3, -0.25) is 9.69 Å². The molecule has 25 heavy (non-hydrogen) atoms. The number of piperazine rings is 1. The number of hydrogen-bond acceptors (Lipinski definition) is 5. The number of carbonyl (C=O) groups excluding carboxylic acids is 1. The fourth-order valence-electron chi connectivity index (χ4n) is 3.17. The topological polar surface area (TPSA) is 61.4 Å². The molecule has 0 aliphatic carbocycles. The smallest absolute Gasteiger partial charge is 0.241 e. The zero-order chi connectivity index (χ0) is 17.8. The van der Waals surface area contributed by atoms with Crippen LogP contribution in [-0.4, -0.2) is 53.0 Å². The predicted octanol–water partition coefficient (Wildman–Crippen LogP) is 2.24. The van der Waals surface area contributed by atoms with Gasteiger partial charge in [-0.15, -0.1) is 0 Å². The second-order valence-electron chi connectivity index (χ2n) is 6.50. The fraction of sp³-hybridized carbons (Fsp3) is 0.421. The summed E-state index contributed by atoms with van der Waals surface area (Å²) in [5.41, 5.74) is 3.11. The van der Waals surface area contributed by atoms with Crippen molar-refractivity contribution >= 4 is 17.5 Å². The predicted molar refractivity (Wildman–Crippen MR) is 99.8 cm³/mol. The molecule has 0 saturated carbocycles. The highest BCUT2D eigenvalue weighted by atomic mass is 16.2. The molecule has 6 nitrogen and oxygen atoms in total. The second kappa shape index (κ2) is 7.61. The molecule has 2 heterocycles. The molecule has 1 atom stereocenters. The van der Waals surface area contributed by atoms with Crippen molar-refractivity contribution in [2.24, 2.45) is 0 Å². The Kier molecular flexibility index (Phi) is 5.28. The summed E-state index contributed by atoms with van der Waals surface area (Å²) in [7, 11) is 0. The van der Waals surface area contributed by atoms with Gasteiger partial charge >= 0.3 is 0 Å². The van der Waals surface area contributed by atoms with Crippen LogP contribution in [0.25, 0.3) is 0 Å². The van der Waals surface area contributed by atoms with Gasteiger partial charge in [0.05, 0.1) is 6.04 Å². The van der Waals surface area contributed by atoms with E-state index in [0.29, 0.717) is 0 Å². The van der Waals surface area contributed by atoms with Gasteiger partial charge in [-0.25, -0.2) is 9.97 Å². The van der Waals surface area contributed by atoms with E-state index in [1.165, 1.54) is 0 Å². The number of nitrogens with one attached hydrogen (secondary N) is 1. The summed E-state index contributed by atoms with van der Waals surface area (Å²) in [5.74, 6) is 0.802. The molecular weight excluding hydrogens is 314 g/mol. The lowest BCUT2D eigenvalue weighted by Gasteiger charge is -2.37. The van der Waals surface area contributed by atoms with Crippen molar-refractivity contribution in [2.75, 3.05) is 36.4 Å². The van der Waals surface area contributed by atoms with E-state index >= 15 is 0 Å². The third kappa shape index (κ3) is 3.96. The molecule has 1 saturated heterocycles. The third-order valence-corrected chi connectivity index (χ3v) is 4.81. The normalized spacial score (nSPS) is 16.5. The van der Waals surface area contributed by atoms with Gasteiger partial charge < -0.3 is 10.2 Å². The summed E-state index contributed by atoms with van der Waals surface area (Å²) in [5, 5.41) is 3.10. The minimum Gasteiger partial charge on any atom is -0.338 e. The van der Waals surface area contributed by atoms with Crippen LogP contribution in [0.15, 0.2) is 36.7 Å². The van der Waals surface area contributed by atoms with Crippen molar-refractivity contribution in [3.05, 3.63) is 47.8 Å². The van der Waals surface area contributed by atoms with E-state index in [9.17, 15) is 4.79 Å². The summed E-state index contributed by atoms with van der Waals surface area (Å²) in [6.07, 6.45) is 3.52. The van der Waals surface area contributed by atoms with Crippen LogP contribution >= 0.6 is 0 Å². The Labute approximate surface area is 148 Å². The molecule has 0 unspecified atom stereocenters. The van der Waals surface area contributed by atoms with Crippen molar-refractivity contribution < 1.29 is 4.79 Å². The monoisotopic (exact) mass is 339 g/mol. The number of aryl methyl sites for hydroxylation is 2. The van der Waals surface area contributed by atoms with Crippen LogP contribution < -0.4 is 10.2 Å². The van der Waals surface area contributed by atoms with Crippen LogP contribution in [0.1, 0.15) is 18.1 Å². The van der Waals surface area contributed by atoms with Crippen molar-refractivity contribution in [1.82, 2.24) is 14.9 Å². The van der Waals surface area contributed by atoms with Crippen LogP contribution in [0.4, 0.5) is 11.6 Å². The number of hydrogen-bond donors (Lipinski definition) is 1. The average molecular weight is 339 g/mol. The first-order valence-corrected chi connectivity index (χ1v) is 8.69. The number of para-hydroxylation sites is 1. The second-order valence-corrected chi connectivity index (χ2v) is 6.50. The number of aromatic nitrogens is 2. The van der Waals surface area contributed by atoms with Crippen molar-refractivity contribution in [3.63, 3.8) is 0 Å². The van der Waals surface area contributed by atoms with Gasteiger partial charge in [0.1, 0.15) is 0 Å². The van der Waals surface area contributed by atoms with E-state index in [1.54, 1.807) is 12.4 Å². The first kappa shape index (κ1) is 17.4. The van der Waals surface area contributed by atoms with E-state index in [0.717, 1.165) is 48.9 Å². The number of rotatable bonds is 4. The van der Waals surface area contributed by atoms with Crippen LogP contribution in [0.2, 0.25) is 0 Å². The largest absolute Gasteiger partial charge is 0.338 e. The maximum absolute atomic E-state index is 12.7. The molecule has 1 aliphatic rings. The molecule has 0 spiro atoms. The molecule has 0 bridgehead atoms. The summed E-state index contributed by atoms with van der Waals surface area (Å²) < 4.78 is 0. The van der Waals surface area contributed by atoms with Gasteiger partial charge in [-0.1, -0.05) is 18.2 Å². The SMILES string of the molecule is Cc1cccc(C)c1NC(=O)[C@@H](C)N1CCN(c2ncccn2)CC1. The Morgan fingerprint density at radius 1 is 1.04 bits per heavy atom. The zero-order valence-electron chi connectivity index (χ0n) is 15.1. The Bertz CT molecular complexity index is 706. The minimum absolute atomic E-state index is 0.0433. The van der Waals surface area contributed by atoms with Gasteiger partial charge in [-0.05, 0) is 38.0 Å². The maximum Gasteiger partial charge on any atom is 0.241 e. The summed E-state index contributed by atoms with van der Waals surface area (Å²) >= 11 is 0. The van der Waals surface area contributed by atoms with Gasteiger partial charge in [0.2, 0.25) is 11.9 Å². The van der Waals surface area contributed by atoms with E-state index in [4.69, 9.17) is 0 Å². The number of anilines is 2. The lowest BCUT2D eigenvalue weighted by Crippen LogP contribution is -2.53. The van der Waals surface area contributed by atoms with Crippen molar-refractivity contribution in [2.45, 2.75) is 26.8 Å². The molecular formula is C19H25N5O. The van der Waals surface area contributed by atoms with E-state index in [1.807, 2.05) is 45.0 Å². The molecule has 3 rings (SSSR count). The van der Waals surface area contributed by atoms with Crippen LogP contribution in [0.3, 0.4) is 0 Å². The molecule has 1 N–H and O–H groups in total. The summed E-state index contributed by atoms with van der Waals surface area (Å²) in [6.45, 7) is 9.30. The molecule has 1 aliphatic heterocycles. The van der Waals surface area contributed by atoms with Gasteiger partial charge in [-0.2, -0.15) is 0 Å². The van der Waals surface area contributed by atoms with Gasteiger partial charge in [0.25, 0.3) is 0 Å². The summed E-state index contributed by atoms with van der Waals surface area (Å²) in [6, 6.07) is 7.70. The maximum atomic E-state index is 12.7. The first-order valence-electron chi connectivity index (χ1n) is 8.69. The van der Waals surface area contributed by atoms with Crippen LogP contribution in [-0.2, 0) is 4.79 Å². The van der Waals surface area contributed by atoms with Gasteiger partial charge in [0.15, 0.2) is 0 Å². The molecule has 132 valence electrons. The number of amides is 1. The summed E-state index contributed by atoms with van der Waals surface area (Å²) in [4.78, 5) is 25.6.